The Morgan fingerprint density at radius 2 is 2.19 bits per heavy atom. The highest BCUT2D eigenvalue weighted by atomic mass is 16.5. The molecule has 0 radical (unpaired) electrons. The minimum absolute atomic E-state index is 0.0533. The number of benzene rings is 1. The number of carbonyl (C=O) groups excluding carboxylic acids is 1. The molecule has 0 aromatic heterocycles. The van der Waals surface area contributed by atoms with Crippen molar-refractivity contribution in [1.29, 1.82) is 0 Å². The molecule has 1 amide bonds. The van der Waals surface area contributed by atoms with E-state index in [4.69, 9.17) is 9.47 Å². The van der Waals surface area contributed by atoms with Crippen molar-refractivity contribution in [1.82, 2.24) is 5.32 Å². The van der Waals surface area contributed by atoms with Crippen molar-refractivity contribution in [2.75, 3.05) is 20.3 Å². The smallest absolute Gasteiger partial charge is 0.257 e. The maximum atomic E-state index is 11.8. The molecule has 0 heterocycles. The van der Waals surface area contributed by atoms with Gasteiger partial charge in [0.2, 0.25) is 0 Å². The number of hydrogen-bond acceptors (Lipinski definition) is 4. The summed E-state index contributed by atoms with van der Waals surface area (Å²) in [7, 11) is 1.57. The van der Waals surface area contributed by atoms with Crippen molar-refractivity contribution in [2.45, 2.75) is 32.3 Å². The Bertz CT molecular complexity index is 489. The van der Waals surface area contributed by atoms with Crippen LogP contribution in [0.25, 0.3) is 0 Å². The minimum atomic E-state index is -0.289. The molecule has 1 aromatic carbocycles. The Labute approximate surface area is 125 Å². The Morgan fingerprint density at radius 1 is 1.38 bits per heavy atom. The van der Waals surface area contributed by atoms with Crippen molar-refractivity contribution in [3.63, 3.8) is 0 Å². The lowest BCUT2D eigenvalue weighted by atomic mass is 10.1. The summed E-state index contributed by atoms with van der Waals surface area (Å²) in [6.45, 7) is 2.42. The molecule has 0 spiro atoms. The quantitative estimate of drug-likeness (QED) is 0.837. The fourth-order valence-corrected chi connectivity index (χ4v) is 2.59. The van der Waals surface area contributed by atoms with Gasteiger partial charge in [-0.25, -0.2) is 0 Å². The highest BCUT2D eigenvalue weighted by Crippen LogP contribution is 2.27. The van der Waals surface area contributed by atoms with E-state index in [1.54, 1.807) is 13.2 Å². The van der Waals surface area contributed by atoms with Crippen molar-refractivity contribution in [3.8, 4) is 11.5 Å². The van der Waals surface area contributed by atoms with E-state index in [0.29, 0.717) is 18.0 Å². The molecule has 5 nitrogen and oxygen atoms in total. The number of aliphatic hydroxyl groups excluding tert-OH is 1. The minimum Gasteiger partial charge on any atom is -0.493 e. The third-order valence-corrected chi connectivity index (χ3v) is 3.86. The average molecular weight is 293 g/mol. The molecule has 2 rings (SSSR count). The summed E-state index contributed by atoms with van der Waals surface area (Å²) in [6, 6.07) is 5.56. The predicted molar refractivity (Wildman–Crippen MR) is 79.6 cm³/mol. The first-order valence-corrected chi connectivity index (χ1v) is 7.32. The van der Waals surface area contributed by atoms with E-state index < -0.39 is 0 Å². The van der Waals surface area contributed by atoms with Gasteiger partial charge in [0, 0.05) is 12.5 Å². The number of aryl methyl sites for hydroxylation is 1. The van der Waals surface area contributed by atoms with Gasteiger partial charge >= 0.3 is 0 Å². The molecule has 21 heavy (non-hydrogen) atoms. The maximum absolute atomic E-state index is 11.8. The monoisotopic (exact) mass is 293 g/mol. The third kappa shape index (κ3) is 4.36. The lowest BCUT2D eigenvalue weighted by Crippen LogP contribution is -2.35. The van der Waals surface area contributed by atoms with E-state index >= 15 is 0 Å². The van der Waals surface area contributed by atoms with E-state index in [-0.39, 0.29) is 24.5 Å². The summed E-state index contributed by atoms with van der Waals surface area (Å²) in [5, 5.41) is 12.5. The summed E-state index contributed by atoms with van der Waals surface area (Å²) in [5.41, 5.74) is 1.07. The zero-order chi connectivity index (χ0) is 15.2. The van der Waals surface area contributed by atoms with Gasteiger partial charge in [0.15, 0.2) is 18.1 Å². The summed E-state index contributed by atoms with van der Waals surface area (Å²) in [4.78, 5) is 11.8. The van der Waals surface area contributed by atoms with Gasteiger partial charge in [-0.05, 0) is 37.5 Å². The number of ether oxygens (including phenoxy) is 2. The Morgan fingerprint density at radius 3 is 2.86 bits per heavy atom. The molecule has 0 aliphatic heterocycles. The molecule has 1 aromatic rings. The molecule has 2 atom stereocenters. The molecular formula is C16H23NO4. The summed E-state index contributed by atoms with van der Waals surface area (Å²) in [5.74, 6) is 1.16. The SMILES string of the molecule is COc1cc(C)ccc1OCC(=O)NCC1CCCC1O. The second-order valence-electron chi connectivity index (χ2n) is 5.51. The topological polar surface area (TPSA) is 67.8 Å². The molecule has 0 saturated heterocycles. The molecule has 5 heteroatoms. The molecule has 1 aliphatic rings. The van der Waals surface area contributed by atoms with Crippen LogP contribution in [0.5, 0.6) is 11.5 Å². The second-order valence-corrected chi connectivity index (χ2v) is 5.51. The molecule has 1 fully saturated rings. The summed E-state index contributed by atoms with van der Waals surface area (Å²) in [6.07, 6.45) is 2.54. The molecule has 1 saturated carbocycles. The van der Waals surface area contributed by atoms with Crippen molar-refractivity contribution in [2.24, 2.45) is 5.92 Å². The van der Waals surface area contributed by atoms with Crippen LogP contribution in [0.1, 0.15) is 24.8 Å². The second kappa shape index (κ2) is 7.31. The average Bonchev–Trinajstić information content (AvgIpc) is 2.89. The summed E-state index contributed by atoms with van der Waals surface area (Å²) < 4.78 is 10.7. The lowest BCUT2D eigenvalue weighted by molar-refractivity contribution is -0.123. The normalized spacial score (nSPS) is 21.1. The van der Waals surface area contributed by atoms with Crippen molar-refractivity contribution in [3.05, 3.63) is 23.8 Å². The Kier molecular flexibility index (Phi) is 5.44. The first kappa shape index (κ1) is 15.6. The van der Waals surface area contributed by atoms with Crippen LogP contribution in [0.15, 0.2) is 18.2 Å². The molecular weight excluding hydrogens is 270 g/mol. The van der Waals surface area contributed by atoms with E-state index in [1.807, 2.05) is 19.1 Å². The number of hydrogen-bond donors (Lipinski definition) is 2. The molecule has 2 N–H and O–H groups in total. The number of amides is 1. The number of methoxy groups -OCH3 is 1. The summed E-state index contributed by atoms with van der Waals surface area (Å²) >= 11 is 0. The molecule has 0 bridgehead atoms. The first-order chi connectivity index (χ1) is 10.1. The number of carbonyl (C=O) groups is 1. The fraction of sp³-hybridized carbons (Fsp3) is 0.562. The van der Waals surface area contributed by atoms with Crippen LogP contribution in [0.4, 0.5) is 0 Å². The Hall–Kier alpha value is -1.75. The van der Waals surface area contributed by atoms with Crippen LogP contribution in [0, 0.1) is 12.8 Å². The number of rotatable bonds is 6. The lowest BCUT2D eigenvalue weighted by Gasteiger charge is -2.15. The van der Waals surface area contributed by atoms with Crippen LogP contribution in [0.2, 0.25) is 0 Å². The third-order valence-electron chi connectivity index (χ3n) is 3.86. The molecule has 116 valence electrons. The van der Waals surface area contributed by atoms with Crippen LogP contribution >= 0.6 is 0 Å². The van der Waals surface area contributed by atoms with Gasteiger partial charge in [-0.1, -0.05) is 12.5 Å². The van der Waals surface area contributed by atoms with Gasteiger partial charge in [-0.2, -0.15) is 0 Å². The van der Waals surface area contributed by atoms with Gasteiger partial charge in [-0.15, -0.1) is 0 Å². The molecule has 1 aliphatic carbocycles. The van der Waals surface area contributed by atoms with Crippen molar-refractivity contribution >= 4 is 5.91 Å². The van der Waals surface area contributed by atoms with E-state index in [0.717, 1.165) is 24.8 Å². The molecule has 2 unspecified atom stereocenters. The van der Waals surface area contributed by atoms with Crippen LogP contribution < -0.4 is 14.8 Å². The van der Waals surface area contributed by atoms with E-state index in [9.17, 15) is 9.90 Å². The zero-order valence-electron chi connectivity index (χ0n) is 12.6. The number of nitrogens with one attached hydrogen (secondary N) is 1. The van der Waals surface area contributed by atoms with Gasteiger partial charge < -0.3 is 19.9 Å². The van der Waals surface area contributed by atoms with Gasteiger partial charge in [0.1, 0.15) is 0 Å². The predicted octanol–water partition coefficient (Wildman–Crippen LogP) is 1.66. The van der Waals surface area contributed by atoms with E-state index in [2.05, 4.69) is 5.32 Å². The number of aliphatic hydroxyl groups is 1. The van der Waals surface area contributed by atoms with Crippen LogP contribution in [-0.4, -0.2) is 37.4 Å². The highest BCUT2D eigenvalue weighted by molar-refractivity contribution is 5.77. The van der Waals surface area contributed by atoms with Gasteiger partial charge in [0.05, 0.1) is 13.2 Å². The zero-order valence-corrected chi connectivity index (χ0v) is 12.6. The van der Waals surface area contributed by atoms with Crippen LogP contribution in [0.3, 0.4) is 0 Å². The van der Waals surface area contributed by atoms with Crippen LogP contribution in [-0.2, 0) is 4.79 Å². The van der Waals surface area contributed by atoms with Gasteiger partial charge in [0.25, 0.3) is 5.91 Å². The fourth-order valence-electron chi connectivity index (χ4n) is 2.59. The highest BCUT2D eigenvalue weighted by Gasteiger charge is 2.25. The maximum Gasteiger partial charge on any atom is 0.257 e. The van der Waals surface area contributed by atoms with Gasteiger partial charge in [-0.3, -0.25) is 4.79 Å². The van der Waals surface area contributed by atoms with E-state index in [1.165, 1.54) is 0 Å². The standard InChI is InChI=1S/C16H23NO4/c1-11-6-7-14(15(8-11)20-2)21-10-16(19)17-9-12-4-3-5-13(12)18/h6-8,12-13,18H,3-5,9-10H2,1-2H3,(H,17,19). The Balaban J connectivity index is 1.78. The van der Waals surface area contributed by atoms with Crippen molar-refractivity contribution < 1.29 is 19.4 Å². The first-order valence-electron chi connectivity index (χ1n) is 7.32. The largest absolute Gasteiger partial charge is 0.493 e.